The lowest BCUT2D eigenvalue weighted by Gasteiger charge is -2.36. The van der Waals surface area contributed by atoms with E-state index >= 15 is 0 Å². The molecule has 31 heavy (non-hydrogen) atoms. The molecule has 3 N–H and O–H groups in total. The van der Waals surface area contributed by atoms with Gasteiger partial charge in [-0.05, 0) is 45.7 Å². The van der Waals surface area contributed by atoms with Crippen molar-refractivity contribution in [2.75, 3.05) is 14.1 Å². The van der Waals surface area contributed by atoms with Crippen molar-refractivity contribution >= 4 is 49.2 Å². The van der Waals surface area contributed by atoms with E-state index in [4.69, 9.17) is 29.3 Å². The molecule has 0 spiro atoms. The Morgan fingerprint density at radius 2 is 1.06 bits per heavy atom. The molecule has 11 heteroatoms. The zero-order valence-corrected chi connectivity index (χ0v) is 21.5. The van der Waals surface area contributed by atoms with Crippen LogP contribution in [0.4, 0.5) is 0 Å². The van der Waals surface area contributed by atoms with Gasteiger partial charge in [-0.25, -0.2) is 9.59 Å². The van der Waals surface area contributed by atoms with E-state index in [9.17, 15) is 5.11 Å². The number of carboxylic acids is 2. The number of rotatable bonds is 0. The molecule has 0 saturated carbocycles. The normalized spacial score (nSPS) is 45.0. The number of fused-ring (bicyclic) bond motifs is 10. The number of halogens is 2. The highest BCUT2D eigenvalue weighted by atomic mass is 128. The molecule has 6 aliphatic rings. The number of aliphatic hydroxyl groups is 1. The second-order valence-electron chi connectivity index (χ2n) is 9.04. The predicted octanol–water partition coefficient (Wildman–Crippen LogP) is 2.02. The third-order valence-corrected chi connectivity index (χ3v) is 7.23. The molecule has 0 aliphatic carbocycles. The first-order chi connectivity index (χ1) is 14.2. The first-order valence-electron chi connectivity index (χ1n) is 10.2. The second-order valence-corrected chi connectivity index (χ2v) is 9.04. The van der Waals surface area contributed by atoms with Crippen LogP contribution in [0.3, 0.4) is 0 Å². The fourth-order valence-corrected chi connectivity index (χ4v) is 5.71. The number of aliphatic carboxylic acids is 2. The van der Waals surface area contributed by atoms with Gasteiger partial charge in [0, 0.05) is 61.4 Å². The standard InChI is InChI=1S/C9H15NO.C8H13NO2.C2H2O4.CH4.I2/c1-5-3-6-8-9(11-8)7(4-5)10(6)2;1-9-5-2-4(10)3-6(9)8-7(5)11-8;3-1(4)2(5)6;;1-2/h5-9H,3-4H2,1-2H3;4-8,10H,2-3H2,1H3;(H,3,4)(H,5,6);1H4;. The summed E-state index contributed by atoms with van der Waals surface area (Å²) in [5.74, 6) is -2.72. The highest BCUT2D eigenvalue weighted by Gasteiger charge is 2.62. The topological polar surface area (TPSA) is 126 Å². The molecule has 6 saturated heterocycles. The summed E-state index contributed by atoms with van der Waals surface area (Å²) in [6.07, 6.45) is 6.62. The van der Waals surface area contributed by atoms with E-state index in [2.05, 4.69) is 68.1 Å². The van der Waals surface area contributed by atoms with Crippen LogP contribution in [0.25, 0.3) is 0 Å². The highest BCUT2D eigenvalue weighted by Crippen LogP contribution is 2.49. The zero-order valence-electron chi connectivity index (χ0n) is 17.2. The van der Waals surface area contributed by atoms with Gasteiger partial charge in [-0.3, -0.25) is 9.80 Å². The molecule has 9 nitrogen and oxygen atoms in total. The molecule has 180 valence electrons. The molecule has 8 atom stereocenters. The summed E-state index contributed by atoms with van der Waals surface area (Å²) in [6, 6.07) is 2.53. The summed E-state index contributed by atoms with van der Waals surface area (Å²) >= 11 is 4.24. The number of likely N-dealkylation sites (N-methyl/N-ethyl adjacent to an activating group) is 2. The zero-order chi connectivity index (χ0) is 22.3. The third-order valence-electron chi connectivity index (χ3n) is 7.23. The lowest BCUT2D eigenvalue weighted by molar-refractivity contribution is -0.159. The first kappa shape index (κ1) is 27.4. The minimum absolute atomic E-state index is 0. The second kappa shape index (κ2) is 11.1. The van der Waals surface area contributed by atoms with Crippen molar-refractivity contribution in [3.05, 3.63) is 0 Å². The predicted molar refractivity (Wildman–Crippen MR) is 132 cm³/mol. The van der Waals surface area contributed by atoms with E-state index in [1.165, 1.54) is 12.8 Å². The SMILES string of the molecule is C.CC1CC2C3OC3C(C1)N2C.CN1C2CC(O)CC1C1OC12.II.O=C(O)C(=O)O. The van der Waals surface area contributed by atoms with Crippen LogP contribution in [-0.2, 0) is 19.1 Å². The summed E-state index contributed by atoms with van der Waals surface area (Å²) in [5, 5.41) is 24.2. The Bertz CT molecular complexity index is 567. The van der Waals surface area contributed by atoms with Crippen molar-refractivity contribution in [3.8, 4) is 0 Å². The maximum atomic E-state index is 9.46. The largest absolute Gasteiger partial charge is 0.473 e. The van der Waals surface area contributed by atoms with Crippen LogP contribution in [0, 0.1) is 5.92 Å². The van der Waals surface area contributed by atoms with Gasteiger partial charge in [-0.15, -0.1) is 0 Å². The quantitative estimate of drug-likeness (QED) is 0.202. The van der Waals surface area contributed by atoms with Crippen molar-refractivity contribution in [3.63, 3.8) is 0 Å². The Balaban J connectivity index is 0.000000164. The fraction of sp³-hybridized carbons (Fsp3) is 0.900. The van der Waals surface area contributed by atoms with E-state index in [-0.39, 0.29) is 13.5 Å². The van der Waals surface area contributed by atoms with Crippen molar-refractivity contribution in [1.82, 2.24) is 9.80 Å². The van der Waals surface area contributed by atoms with E-state index in [1.807, 2.05) is 0 Å². The van der Waals surface area contributed by atoms with Crippen molar-refractivity contribution in [1.29, 1.82) is 0 Å². The summed E-state index contributed by atoms with van der Waals surface area (Å²) < 4.78 is 11.1. The lowest BCUT2D eigenvalue weighted by Crippen LogP contribution is -2.46. The van der Waals surface area contributed by atoms with Crippen LogP contribution in [0.1, 0.15) is 40.0 Å². The van der Waals surface area contributed by atoms with Gasteiger partial charge in [-0.1, -0.05) is 14.4 Å². The summed E-state index contributed by atoms with van der Waals surface area (Å²) in [5.41, 5.74) is 0. The van der Waals surface area contributed by atoms with Gasteiger partial charge >= 0.3 is 11.9 Å². The molecule has 0 aromatic heterocycles. The van der Waals surface area contributed by atoms with E-state index < -0.39 is 11.9 Å². The maximum Gasteiger partial charge on any atom is 0.414 e. The van der Waals surface area contributed by atoms with Crippen LogP contribution in [-0.4, -0.2) is 106 Å². The number of carboxylic acid groups (broad SMARTS) is 2. The van der Waals surface area contributed by atoms with Gasteiger partial charge in [0.25, 0.3) is 0 Å². The number of carbonyl (C=O) groups is 2. The minimum atomic E-state index is -1.82. The van der Waals surface area contributed by atoms with Crippen LogP contribution in [0.5, 0.6) is 0 Å². The van der Waals surface area contributed by atoms with Gasteiger partial charge in [0.2, 0.25) is 0 Å². The average Bonchev–Trinajstić information content (AvgIpc) is 3.58. The minimum Gasteiger partial charge on any atom is -0.473 e. The summed E-state index contributed by atoms with van der Waals surface area (Å²) in [4.78, 5) is 23.1. The molecule has 0 aromatic rings. The Labute approximate surface area is 207 Å². The number of nitrogens with zero attached hydrogens (tertiary/aromatic N) is 2. The van der Waals surface area contributed by atoms with Crippen LogP contribution < -0.4 is 0 Å². The van der Waals surface area contributed by atoms with E-state index in [1.54, 1.807) is 0 Å². The van der Waals surface area contributed by atoms with Crippen molar-refractivity contribution < 1.29 is 34.4 Å². The van der Waals surface area contributed by atoms with Gasteiger partial charge in [0.15, 0.2) is 0 Å². The average molecular weight is 668 g/mol. The van der Waals surface area contributed by atoms with Gasteiger partial charge in [0.05, 0.1) is 6.10 Å². The molecule has 0 radical (unpaired) electrons. The van der Waals surface area contributed by atoms with E-state index in [0.717, 1.165) is 30.8 Å². The Kier molecular flexibility index (Phi) is 9.81. The fourth-order valence-electron chi connectivity index (χ4n) is 5.71. The highest BCUT2D eigenvalue weighted by molar-refractivity contribution is 15.0. The smallest absolute Gasteiger partial charge is 0.414 e. The molecule has 8 unspecified atom stereocenters. The number of hydrogen-bond acceptors (Lipinski definition) is 7. The Hall–Kier alpha value is 0.200. The molecule has 0 amide bonds. The number of ether oxygens (including phenoxy) is 2. The van der Waals surface area contributed by atoms with Gasteiger partial charge in [0.1, 0.15) is 24.4 Å². The number of epoxide rings is 2. The monoisotopic (exact) mass is 668 g/mol. The molecular formula is C20H34I2N2O7. The number of piperidine rings is 2. The molecule has 6 fully saturated rings. The number of morpholine rings is 2. The van der Waals surface area contributed by atoms with Gasteiger partial charge < -0.3 is 24.8 Å². The number of hydrogen-bond donors (Lipinski definition) is 3. The van der Waals surface area contributed by atoms with E-state index in [0.29, 0.717) is 36.5 Å². The van der Waals surface area contributed by atoms with Crippen LogP contribution >= 0.6 is 37.2 Å². The van der Waals surface area contributed by atoms with Crippen molar-refractivity contribution in [2.45, 2.75) is 94.7 Å². The Morgan fingerprint density at radius 3 is 1.35 bits per heavy atom. The van der Waals surface area contributed by atoms with Gasteiger partial charge in [-0.2, -0.15) is 0 Å². The molecule has 4 bridgehead atoms. The third kappa shape index (κ3) is 5.83. The van der Waals surface area contributed by atoms with Crippen molar-refractivity contribution in [2.24, 2.45) is 5.92 Å². The lowest BCUT2D eigenvalue weighted by atomic mass is 9.92. The number of aliphatic hydroxyl groups excluding tert-OH is 1. The van der Waals surface area contributed by atoms with Crippen LogP contribution in [0.15, 0.2) is 0 Å². The summed E-state index contributed by atoms with van der Waals surface area (Å²) in [7, 11) is 4.41. The molecule has 6 aliphatic heterocycles. The Morgan fingerprint density at radius 1 is 0.774 bits per heavy atom. The summed E-state index contributed by atoms with van der Waals surface area (Å²) in [6.45, 7) is 2.37. The molecule has 0 aromatic carbocycles. The molecule has 6 heterocycles. The first-order valence-corrected chi connectivity index (χ1v) is 16.5. The van der Waals surface area contributed by atoms with Crippen LogP contribution in [0.2, 0.25) is 0 Å². The maximum absolute atomic E-state index is 9.46. The molecular weight excluding hydrogens is 634 g/mol. The molecule has 6 rings (SSSR count).